The molecular formula is C17H27N3O. The first-order chi connectivity index (χ1) is 10.2. The summed E-state index contributed by atoms with van der Waals surface area (Å²) < 4.78 is 0. The van der Waals surface area contributed by atoms with Crippen LogP contribution in [-0.4, -0.2) is 24.5 Å². The van der Waals surface area contributed by atoms with Crippen LogP contribution in [0.3, 0.4) is 0 Å². The van der Waals surface area contributed by atoms with Crippen molar-refractivity contribution in [2.45, 2.75) is 51.0 Å². The maximum Gasteiger partial charge on any atom is 0.253 e. The molecule has 1 heterocycles. The molecule has 116 valence electrons. The van der Waals surface area contributed by atoms with Crippen LogP contribution < -0.4 is 16.4 Å². The molecule has 0 bridgehead atoms. The summed E-state index contributed by atoms with van der Waals surface area (Å²) in [6, 6.07) is 7.29. The van der Waals surface area contributed by atoms with Crippen LogP contribution in [0.4, 0.5) is 5.69 Å². The minimum atomic E-state index is -0.0697. The average molecular weight is 289 g/mol. The number of carbonyl (C=O) groups excluding carboxylic acids is 1. The third-order valence-electron chi connectivity index (χ3n) is 4.40. The van der Waals surface area contributed by atoms with Crippen molar-refractivity contribution >= 4 is 11.6 Å². The molecule has 21 heavy (non-hydrogen) atoms. The largest absolute Gasteiger partial charge is 0.398 e. The number of rotatable bonds is 6. The minimum absolute atomic E-state index is 0.0356. The molecule has 1 saturated heterocycles. The fourth-order valence-electron chi connectivity index (χ4n) is 3.07. The predicted octanol–water partition coefficient (Wildman–Crippen LogP) is 2.70. The smallest absolute Gasteiger partial charge is 0.253 e. The molecule has 1 aliphatic rings. The van der Waals surface area contributed by atoms with E-state index in [2.05, 4.69) is 17.6 Å². The van der Waals surface area contributed by atoms with Gasteiger partial charge in [-0.15, -0.1) is 0 Å². The van der Waals surface area contributed by atoms with Crippen molar-refractivity contribution in [2.75, 3.05) is 18.8 Å². The van der Waals surface area contributed by atoms with E-state index in [1.807, 2.05) is 12.1 Å². The average Bonchev–Trinajstić information content (AvgIpc) is 2.49. The van der Waals surface area contributed by atoms with E-state index in [0.717, 1.165) is 32.4 Å². The van der Waals surface area contributed by atoms with E-state index >= 15 is 0 Å². The lowest BCUT2D eigenvalue weighted by Gasteiger charge is -2.39. The molecule has 1 fully saturated rings. The standard InChI is InChI=1S/C17H27N3O/c1-2-3-6-9-17(10-12-19-13-11-17)20-16(21)14-7-4-5-8-15(14)18/h4-5,7-8,19H,2-3,6,9-13,18H2,1H3,(H,20,21). The van der Waals surface area contributed by atoms with Crippen LogP contribution in [-0.2, 0) is 0 Å². The van der Waals surface area contributed by atoms with Crippen LogP contribution in [0, 0.1) is 0 Å². The van der Waals surface area contributed by atoms with Gasteiger partial charge in [0.2, 0.25) is 0 Å². The Hall–Kier alpha value is -1.55. The van der Waals surface area contributed by atoms with E-state index < -0.39 is 0 Å². The molecule has 0 unspecified atom stereocenters. The van der Waals surface area contributed by atoms with Gasteiger partial charge in [0.25, 0.3) is 5.91 Å². The molecule has 4 heteroatoms. The lowest BCUT2D eigenvalue weighted by atomic mass is 9.83. The van der Waals surface area contributed by atoms with E-state index in [9.17, 15) is 4.79 Å². The summed E-state index contributed by atoms with van der Waals surface area (Å²) in [5.74, 6) is -0.0356. The van der Waals surface area contributed by atoms with Crippen molar-refractivity contribution in [3.63, 3.8) is 0 Å². The molecule has 0 saturated carbocycles. The summed E-state index contributed by atoms with van der Waals surface area (Å²) in [6.07, 6.45) is 6.64. The van der Waals surface area contributed by atoms with Gasteiger partial charge in [-0.1, -0.05) is 38.3 Å². The van der Waals surface area contributed by atoms with Crippen LogP contribution in [0.1, 0.15) is 55.8 Å². The van der Waals surface area contributed by atoms with Crippen LogP contribution in [0.25, 0.3) is 0 Å². The highest BCUT2D eigenvalue weighted by Crippen LogP contribution is 2.26. The molecule has 0 radical (unpaired) electrons. The molecule has 2 rings (SSSR count). The zero-order chi connectivity index (χ0) is 15.1. The number of para-hydroxylation sites is 1. The van der Waals surface area contributed by atoms with Gasteiger partial charge in [-0.25, -0.2) is 0 Å². The second-order valence-corrected chi connectivity index (χ2v) is 6.03. The van der Waals surface area contributed by atoms with E-state index in [1.165, 1.54) is 19.3 Å². The van der Waals surface area contributed by atoms with Crippen molar-refractivity contribution in [2.24, 2.45) is 0 Å². The maximum absolute atomic E-state index is 12.6. The number of carbonyl (C=O) groups is 1. The lowest BCUT2D eigenvalue weighted by molar-refractivity contribution is 0.0865. The molecular weight excluding hydrogens is 262 g/mol. The molecule has 1 amide bonds. The first-order valence-corrected chi connectivity index (χ1v) is 8.05. The van der Waals surface area contributed by atoms with Crippen LogP contribution in [0.2, 0.25) is 0 Å². The summed E-state index contributed by atoms with van der Waals surface area (Å²) in [4.78, 5) is 12.6. The van der Waals surface area contributed by atoms with Crippen molar-refractivity contribution in [3.8, 4) is 0 Å². The van der Waals surface area contributed by atoms with Gasteiger partial charge in [0.1, 0.15) is 0 Å². The number of amides is 1. The molecule has 1 aromatic rings. The number of anilines is 1. The van der Waals surface area contributed by atoms with Gasteiger partial charge in [-0.3, -0.25) is 4.79 Å². The van der Waals surface area contributed by atoms with Gasteiger partial charge in [-0.2, -0.15) is 0 Å². The topological polar surface area (TPSA) is 67.2 Å². The summed E-state index contributed by atoms with van der Waals surface area (Å²) >= 11 is 0. The van der Waals surface area contributed by atoms with Gasteiger partial charge in [-0.05, 0) is 44.5 Å². The van der Waals surface area contributed by atoms with E-state index in [-0.39, 0.29) is 11.4 Å². The Morgan fingerprint density at radius 2 is 2.00 bits per heavy atom. The number of unbranched alkanes of at least 4 members (excludes halogenated alkanes) is 2. The van der Waals surface area contributed by atoms with Gasteiger partial charge in [0, 0.05) is 11.2 Å². The molecule has 1 aromatic carbocycles. The number of nitrogens with two attached hydrogens (primary N) is 1. The molecule has 0 aromatic heterocycles. The number of piperidine rings is 1. The lowest BCUT2D eigenvalue weighted by Crippen LogP contribution is -2.54. The van der Waals surface area contributed by atoms with E-state index in [1.54, 1.807) is 12.1 Å². The first kappa shape index (κ1) is 15.8. The van der Waals surface area contributed by atoms with Crippen LogP contribution in [0.5, 0.6) is 0 Å². The zero-order valence-corrected chi connectivity index (χ0v) is 13.0. The summed E-state index contributed by atoms with van der Waals surface area (Å²) in [5, 5.41) is 6.67. The van der Waals surface area contributed by atoms with Gasteiger partial charge < -0.3 is 16.4 Å². The van der Waals surface area contributed by atoms with Crippen LogP contribution >= 0.6 is 0 Å². The van der Waals surface area contributed by atoms with Crippen molar-refractivity contribution in [1.29, 1.82) is 0 Å². The second kappa shape index (κ2) is 7.46. The SMILES string of the molecule is CCCCCC1(NC(=O)c2ccccc2N)CCNCC1. The summed E-state index contributed by atoms with van der Waals surface area (Å²) in [6.45, 7) is 4.14. The highest BCUT2D eigenvalue weighted by atomic mass is 16.1. The minimum Gasteiger partial charge on any atom is -0.398 e. The fourth-order valence-corrected chi connectivity index (χ4v) is 3.07. The Kier molecular flexibility index (Phi) is 5.62. The first-order valence-electron chi connectivity index (χ1n) is 8.05. The van der Waals surface area contributed by atoms with Gasteiger partial charge >= 0.3 is 0 Å². The Morgan fingerprint density at radius 3 is 2.67 bits per heavy atom. The molecule has 0 aliphatic carbocycles. The number of benzene rings is 1. The predicted molar refractivity (Wildman–Crippen MR) is 87.3 cm³/mol. The zero-order valence-electron chi connectivity index (χ0n) is 13.0. The highest BCUT2D eigenvalue weighted by Gasteiger charge is 2.33. The molecule has 4 nitrogen and oxygen atoms in total. The molecule has 0 spiro atoms. The normalized spacial score (nSPS) is 17.4. The third kappa shape index (κ3) is 4.21. The Labute approximate surface area is 127 Å². The Morgan fingerprint density at radius 1 is 1.29 bits per heavy atom. The third-order valence-corrected chi connectivity index (χ3v) is 4.40. The van der Waals surface area contributed by atoms with E-state index in [4.69, 9.17) is 5.73 Å². The quantitative estimate of drug-likeness (QED) is 0.557. The highest BCUT2D eigenvalue weighted by molar-refractivity contribution is 5.99. The van der Waals surface area contributed by atoms with Crippen molar-refractivity contribution in [1.82, 2.24) is 10.6 Å². The number of hydrogen-bond acceptors (Lipinski definition) is 3. The number of hydrogen-bond donors (Lipinski definition) is 3. The van der Waals surface area contributed by atoms with Gasteiger partial charge in [0.15, 0.2) is 0 Å². The molecule has 4 N–H and O–H groups in total. The van der Waals surface area contributed by atoms with E-state index in [0.29, 0.717) is 11.3 Å². The van der Waals surface area contributed by atoms with Gasteiger partial charge in [0.05, 0.1) is 5.56 Å². The maximum atomic E-state index is 12.6. The Balaban J connectivity index is 2.07. The Bertz CT molecular complexity index is 467. The van der Waals surface area contributed by atoms with Crippen molar-refractivity contribution in [3.05, 3.63) is 29.8 Å². The second-order valence-electron chi connectivity index (χ2n) is 6.03. The molecule has 0 atom stereocenters. The summed E-state index contributed by atoms with van der Waals surface area (Å²) in [5.41, 5.74) is 6.99. The van der Waals surface area contributed by atoms with Crippen molar-refractivity contribution < 1.29 is 4.79 Å². The number of nitrogens with one attached hydrogen (secondary N) is 2. The monoisotopic (exact) mass is 289 g/mol. The summed E-state index contributed by atoms with van der Waals surface area (Å²) in [7, 11) is 0. The molecule has 1 aliphatic heterocycles. The number of nitrogen functional groups attached to an aromatic ring is 1. The van der Waals surface area contributed by atoms with Crippen LogP contribution in [0.15, 0.2) is 24.3 Å². The fraction of sp³-hybridized carbons (Fsp3) is 0.588.